The maximum Gasteiger partial charge on any atom is 0.573 e. The molecule has 0 saturated carbocycles. The largest absolute Gasteiger partial charge is 0.573 e. The van der Waals surface area contributed by atoms with E-state index < -0.39 is 45.8 Å². The van der Waals surface area contributed by atoms with Crippen LogP contribution in [-0.4, -0.2) is 65.8 Å². The molecule has 41 heavy (non-hydrogen) atoms. The molecule has 1 aromatic heterocycles. The zero-order valence-electron chi connectivity index (χ0n) is 21.6. The quantitative estimate of drug-likeness (QED) is 0.331. The van der Waals surface area contributed by atoms with Crippen molar-refractivity contribution in [1.82, 2.24) is 19.8 Å². The van der Waals surface area contributed by atoms with Crippen LogP contribution in [0.4, 0.5) is 18.0 Å². The molecule has 1 amide bonds. The Balaban J connectivity index is 1.74. The van der Waals surface area contributed by atoms with Crippen LogP contribution in [0.5, 0.6) is 5.75 Å². The molecule has 16 heteroatoms. The number of alkyl halides is 3. The maximum absolute atomic E-state index is 13.4. The number of sulfone groups is 1. The molecule has 1 fully saturated rings. The highest BCUT2D eigenvalue weighted by Gasteiger charge is 2.33. The van der Waals surface area contributed by atoms with Gasteiger partial charge in [0.2, 0.25) is 0 Å². The zero-order chi connectivity index (χ0) is 30.1. The van der Waals surface area contributed by atoms with Gasteiger partial charge in [0.15, 0.2) is 9.84 Å². The van der Waals surface area contributed by atoms with Gasteiger partial charge < -0.3 is 20.1 Å². The summed E-state index contributed by atoms with van der Waals surface area (Å²) in [5, 5.41) is 11.0. The van der Waals surface area contributed by atoms with E-state index in [1.165, 1.54) is 31.2 Å². The van der Waals surface area contributed by atoms with E-state index >= 15 is 0 Å². The average molecular weight is 619 g/mol. The van der Waals surface area contributed by atoms with E-state index in [2.05, 4.69) is 15.0 Å². The Hall–Kier alpha value is -3.56. The highest BCUT2D eigenvalue weighted by atomic mass is 35.5. The summed E-state index contributed by atoms with van der Waals surface area (Å²) in [5.41, 5.74) is -1.77. The van der Waals surface area contributed by atoms with Crippen LogP contribution in [0.1, 0.15) is 24.5 Å². The second-order valence-electron chi connectivity index (χ2n) is 9.61. The number of fused-ring (bicyclic) bond motifs is 1. The number of nitrogens with zero attached hydrogens (tertiary/aromatic N) is 2. The first-order valence-electron chi connectivity index (χ1n) is 12.4. The third kappa shape index (κ3) is 7.21. The molecule has 2 heterocycles. The van der Waals surface area contributed by atoms with Crippen molar-refractivity contribution in [3.63, 3.8) is 0 Å². The van der Waals surface area contributed by atoms with Crippen molar-refractivity contribution < 1.29 is 36.2 Å². The fraction of sp³-hybridized carbons (Fsp3) is 0.400. The summed E-state index contributed by atoms with van der Waals surface area (Å²) < 4.78 is 70.0. The molecule has 0 bridgehead atoms. The van der Waals surface area contributed by atoms with Gasteiger partial charge in [-0.25, -0.2) is 18.0 Å². The number of ether oxygens (including phenoxy) is 1. The van der Waals surface area contributed by atoms with Gasteiger partial charge in [0.05, 0.1) is 28.1 Å². The lowest BCUT2D eigenvalue weighted by Crippen LogP contribution is -2.36. The first kappa shape index (κ1) is 30.4. The third-order valence-corrected chi connectivity index (χ3v) is 8.82. The van der Waals surface area contributed by atoms with Gasteiger partial charge in [0.25, 0.3) is 5.56 Å². The summed E-state index contributed by atoms with van der Waals surface area (Å²) >= 11 is 6.04. The van der Waals surface area contributed by atoms with E-state index in [-0.39, 0.29) is 56.7 Å². The maximum atomic E-state index is 13.4. The topological polar surface area (TPSA) is 151 Å². The molecule has 0 unspecified atom stereocenters. The number of H-pyrrole nitrogens is 1. The molecular weight excluding hydrogens is 593 g/mol. The molecule has 1 aliphatic heterocycles. The molecule has 1 aliphatic rings. The molecule has 0 aliphatic carbocycles. The smallest absolute Gasteiger partial charge is 0.465 e. The molecule has 3 N–H and O–H groups in total. The van der Waals surface area contributed by atoms with Crippen molar-refractivity contribution in [3.05, 3.63) is 67.3 Å². The number of hydrogen-bond donors (Lipinski definition) is 3. The first-order chi connectivity index (χ1) is 19.2. The summed E-state index contributed by atoms with van der Waals surface area (Å²) in [6, 6.07) is 6.05. The highest BCUT2D eigenvalue weighted by Crippen LogP contribution is 2.31. The Morgan fingerprint density at radius 1 is 1.20 bits per heavy atom. The Morgan fingerprint density at radius 3 is 2.59 bits per heavy atom. The number of halogens is 4. The molecule has 0 radical (unpaired) electrons. The Bertz CT molecular complexity index is 1710. The van der Waals surface area contributed by atoms with Crippen LogP contribution in [0, 0.1) is 5.92 Å². The van der Waals surface area contributed by atoms with Crippen LogP contribution < -0.4 is 21.3 Å². The minimum absolute atomic E-state index is 0.0171. The second-order valence-corrected chi connectivity index (χ2v) is 12.3. The minimum Gasteiger partial charge on any atom is -0.465 e. The first-order valence-corrected chi connectivity index (χ1v) is 14.5. The average Bonchev–Trinajstić information content (AvgIpc) is 3.32. The number of hydrogen-bond acceptors (Lipinski definition) is 7. The molecule has 1 atom stereocenters. The van der Waals surface area contributed by atoms with E-state index in [4.69, 9.17) is 16.7 Å². The summed E-state index contributed by atoms with van der Waals surface area (Å²) in [6.45, 7) is 1.99. The fourth-order valence-corrected chi connectivity index (χ4v) is 6.11. The number of amides is 1. The summed E-state index contributed by atoms with van der Waals surface area (Å²) in [7, 11) is -3.76. The van der Waals surface area contributed by atoms with Crippen molar-refractivity contribution in [2.45, 2.75) is 37.7 Å². The fourth-order valence-electron chi connectivity index (χ4n) is 4.81. The van der Waals surface area contributed by atoms with Crippen molar-refractivity contribution in [3.8, 4) is 5.75 Å². The number of carbonyl (C=O) groups is 1. The standard InChI is InChI=1S/C25H26ClF3N4O7S/c1-2-41(38,39)21-4-3-17(26)7-16(21)13-33-22(34)18-9-20(40-25(27,28)29)15(8-19(18)31-23(33)35)12-32-6-5-14(11-32)10-30-24(36)37/h3-4,7-9,14,30H,2,5-6,10-13H2,1H3,(H,31,35)(H,36,37)/t14-/m1/s1. The number of nitrogens with one attached hydrogen (secondary N) is 2. The summed E-state index contributed by atoms with van der Waals surface area (Å²) in [6.07, 6.45) is -5.64. The number of rotatable bonds is 9. The van der Waals surface area contributed by atoms with Crippen molar-refractivity contribution in [2.24, 2.45) is 5.92 Å². The number of likely N-dealkylation sites (tertiary alicyclic amines) is 1. The molecule has 4 rings (SSSR count). The molecule has 0 spiro atoms. The van der Waals surface area contributed by atoms with Gasteiger partial charge >= 0.3 is 18.1 Å². The van der Waals surface area contributed by atoms with Gasteiger partial charge in [-0.15, -0.1) is 13.2 Å². The van der Waals surface area contributed by atoms with Crippen LogP contribution in [-0.2, 0) is 22.9 Å². The Kier molecular flexibility index (Phi) is 8.70. The van der Waals surface area contributed by atoms with E-state index in [0.29, 0.717) is 24.1 Å². The predicted octanol–water partition coefficient (Wildman–Crippen LogP) is 3.17. The van der Waals surface area contributed by atoms with Crippen molar-refractivity contribution >= 4 is 38.4 Å². The lowest BCUT2D eigenvalue weighted by molar-refractivity contribution is -0.274. The molecule has 3 aromatic rings. The van der Waals surface area contributed by atoms with E-state index in [1.807, 2.05) is 4.90 Å². The van der Waals surface area contributed by atoms with Crippen LogP contribution in [0.25, 0.3) is 10.9 Å². The minimum atomic E-state index is -5.08. The lowest BCUT2D eigenvalue weighted by Gasteiger charge is -2.20. The SMILES string of the molecule is CCS(=O)(=O)c1ccc(Cl)cc1Cn1c(=O)[nH]c2cc(CN3CC[C@H](CNC(=O)O)C3)c(OC(F)(F)F)cc2c1=O. The normalized spacial score (nSPS) is 16.3. The van der Waals surface area contributed by atoms with Gasteiger partial charge in [0, 0.05) is 30.2 Å². The van der Waals surface area contributed by atoms with E-state index in [0.717, 1.165) is 6.07 Å². The monoisotopic (exact) mass is 618 g/mol. The van der Waals surface area contributed by atoms with Crippen molar-refractivity contribution in [1.29, 1.82) is 0 Å². The summed E-state index contributed by atoms with van der Waals surface area (Å²) in [5.74, 6) is -0.928. The highest BCUT2D eigenvalue weighted by molar-refractivity contribution is 7.91. The van der Waals surface area contributed by atoms with Gasteiger partial charge in [-0.2, -0.15) is 0 Å². The predicted molar refractivity (Wildman–Crippen MR) is 143 cm³/mol. The van der Waals surface area contributed by atoms with Crippen molar-refractivity contribution in [2.75, 3.05) is 25.4 Å². The number of benzene rings is 2. The van der Waals surface area contributed by atoms with Gasteiger partial charge in [-0.3, -0.25) is 14.3 Å². The van der Waals surface area contributed by atoms with Gasteiger partial charge in [-0.1, -0.05) is 18.5 Å². The molecular formula is C25H26ClF3N4O7S. The van der Waals surface area contributed by atoms with E-state index in [9.17, 15) is 36.0 Å². The van der Waals surface area contributed by atoms with Gasteiger partial charge in [0.1, 0.15) is 5.75 Å². The van der Waals surface area contributed by atoms with Crippen LogP contribution in [0.3, 0.4) is 0 Å². The molecule has 11 nitrogen and oxygen atoms in total. The zero-order valence-corrected chi connectivity index (χ0v) is 23.2. The Morgan fingerprint density at radius 2 is 1.93 bits per heavy atom. The van der Waals surface area contributed by atoms with Gasteiger partial charge in [-0.05, 0) is 54.8 Å². The molecule has 222 valence electrons. The second kappa shape index (κ2) is 11.7. The van der Waals surface area contributed by atoms with Crippen LogP contribution in [0.15, 0.2) is 44.8 Å². The molecule has 2 aromatic carbocycles. The van der Waals surface area contributed by atoms with E-state index in [1.54, 1.807) is 0 Å². The molecule has 1 saturated heterocycles. The number of aromatic nitrogens is 2. The van der Waals surface area contributed by atoms with Crippen LogP contribution in [0.2, 0.25) is 5.02 Å². The number of aromatic amines is 1. The van der Waals surface area contributed by atoms with Crippen LogP contribution >= 0.6 is 11.6 Å². The Labute approximate surface area is 236 Å². The third-order valence-electron chi connectivity index (χ3n) is 6.76. The lowest BCUT2D eigenvalue weighted by atomic mass is 10.1. The number of carboxylic acid groups (broad SMARTS) is 1. The summed E-state index contributed by atoms with van der Waals surface area (Å²) in [4.78, 5) is 41.3.